The predicted octanol–water partition coefficient (Wildman–Crippen LogP) is 1.91. The highest BCUT2D eigenvalue weighted by Crippen LogP contribution is 2.21. The number of methoxy groups -OCH3 is 2. The Balaban J connectivity index is 2.84. The van der Waals surface area contributed by atoms with Crippen molar-refractivity contribution in [2.24, 2.45) is 0 Å². The van der Waals surface area contributed by atoms with Crippen LogP contribution in [0.4, 0.5) is 0 Å². The first-order valence-electron chi connectivity index (χ1n) is 5.65. The largest absolute Gasteiger partial charge is 0.497 e. The van der Waals surface area contributed by atoms with Crippen LogP contribution in [0.25, 0.3) is 0 Å². The molecule has 1 unspecified atom stereocenters. The van der Waals surface area contributed by atoms with Crippen molar-refractivity contribution in [3.05, 3.63) is 29.8 Å². The monoisotopic (exact) mass is 237 g/mol. The summed E-state index contributed by atoms with van der Waals surface area (Å²) in [6.45, 7) is 2.79. The molecule has 0 amide bonds. The molecule has 0 aliphatic rings. The first-order chi connectivity index (χ1) is 8.21. The lowest BCUT2D eigenvalue weighted by Gasteiger charge is -2.17. The van der Waals surface area contributed by atoms with E-state index >= 15 is 0 Å². The van der Waals surface area contributed by atoms with Gasteiger partial charge in [0, 0.05) is 6.04 Å². The van der Waals surface area contributed by atoms with Gasteiger partial charge in [0.15, 0.2) is 0 Å². The van der Waals surface area contributed by atoms with Gasteiger partial charge in [-0.3, -0.25) is 4.79 Å². The van der Waals surface area contributed by atoms with E-state index in [0.717, 1.165) is 17.9 Å². The Morgan fingerprint density at radius 1 is 1.41 bits per heavy atom. The number of nitrogens with one attached hydrogen (secondary N) is 1. The van der Waals surface area contributed by atoms with Crippen molar-refractivity contribution < 1.29 is 14.3 Å². The smallest absolute Gasteiger partial charge is 0.307 e. The van der Waals surface area contributed by atoms with Crippen molar-refractivity contribution >= 4 is 5.97 Å². The predicted molar refractivity (Wildman–Crippen MR) is 66.0 cm³/mol. The van der Waals surface area contributed by atoms with Gasteiger partial charge in [0.2, 0.25) is 0 Å². The van der Waals surface area contributed by atoms with Crippen LogP contribution in [-0.4, -0.2) is 26.7 Å². The van der Waals surface area contributed by atoms with E-state index in [1.807, 2.05) is 31.2 Å². The summed E-state index contributed by atoms with van der Waals surface area (Å²) in [4.78, 5) is 11.3. The number of carbonyl (C=O) groups is 1. The van der Waals surface area contributed by atoms with Crippen molar-refractivity contribution in [3.63, 3.8) is 0 Å². The number of hydrogen-bond donors (Lipinski definition) is 1. The maximum atomic E-state index is 11.3. The quantitative estimate of drug-likeness (QED) is 0.768. The fraction of sp³-hybridized carbons (Fsp3) is 0.462. The minimum Gasteiger partial charge on any atom is -0.497 e. The normalized spacial score (nSPS) is 11.9. The molecule has 0 fully saturated rings. The molecule has 1 aromatic carbocycles. The van der Waals surface area contributed by atoms with Gasteiger partial charge in [0.05, 0.1) is 20.6 Å². The lowest BCUT2D eigenvalue weighted by molar-refractivity contribution is -0.141. The van der Waals surface area contributed by atoms with Crippen LogP contribution < -0.4 is 10.1 Å². The number of ether oxygens (including phenoxy) is 2. The van der Waals surface area contributed by atoms with Crippen LogP contribution in [0.1, 0.15) is 24.9 Å². The molecule has 94 valence electrons. The number of carbonyl (C=O) groups excluding carboxylic acids is 1. The van der Waals surface area contributed by atoms with Crippen molar-refractivity contribution in [2.75, 3.05) is 20.8 Å². The van der Waals surface area contributed by atoms with Crippen molar-refractivity contribution in [1.82, 2.24) is 5.32 Å². The summed E-state index contributed by atoms with van der Waals surface area (Å²) in [5, 5.41) is 3.26. The Bertz CT molecular complexity index is 365. The zero-order valence-electron chi connectivity index (χ0n) is 10.5. The Hall–Kier alpha value is -1.55. The molecule has 0 saturated carbocycles. The van der Waals surface area contributed by atoms with Crippen LogP contribution in [0, 0.1) is 0 Å². The molecule has 1 N–H and O–H groups in total. The van der Waals surface area contributed by atoms with Gasteiger partial charge < -0.3 is 14.8 Å². The summed E-state index contributed by atoms with van der Waals surface area (Å²) in [5.74, 6) is 0.564. The van der Waals surface area contributed by atoms with E-state index < -0.39 is 0 Å². The lowest BCUT2D eigenvalue weighted by Crippen LogP contribution is -2.24. The third-order valence-electron chi connectivity index (χ3n) is 2.55. The third kappa shape index (κ3) is 4.07. The minimum atomic E-state index is -0.223. The highest BCUT2D eigenvalue weighted by Gasteiger charge is 2.15. The van der Waals surface area contributed by atoms with E-state index in [4.69, 9.17) is 9.47 Å². The molecule has 0 radical (unpaired) electrons. The van der Waals surface area contributed by atoms with E-state index in [-0.39, 0.29) is 12.0 Å². The zero-order chi connectivity index (χ0) is 12.7. The average molecular weight is 237 g/mol. The van der Waals surface area contributed by atoms with Gasteiger partial charge in [0.1, 0.15) is 5.75 Å². The van der Waals surface area contributed by atoms with E-state index in [0.29, 0.717) is 6.42 Å². The number of rotatable bonds is 6. The molecule has 4 heteroatoms. The first kappa shape index (κ1) is 13.5. The Morgan fingerprint density at radius 2 is 2.18 bits per heavy atom. The topological polar surface area (TPSA) is 47.6 Å². The van der Waals surface area contributed by atoms with Crippen molar-refractivity contribution in [1.29, 1.82) is 0 Å². The summed E-state index contributed by atoms with van der Waals surface area (Å²) in [6.07, 6.45) is 0.317. The molecule has 0 saturated heterocycles. The molecule has 1 rings (SSSR count). The van der Waals surface area contributed by atoms with Crippen LogP contribution in [0.2, 0.25) is 0 Å². The molecule has 0 aliphatic heterocycles. The molecule has 0 bridgehead atoms. The first-order valence-corrected chi connectivity index (χ1v) is 5.65. The second-order valence-corrected chi connectivity index (χ2v) is 3.67. The standard InChI is InChI=1S/C13H19NO3/c1-4-14-12(9-13(15)17-3)10-6-5-7-11(8-10)16-2/h5-8,12,14H,4,9H2,1-3H3. The molecular weight excluding hydrogens is 218 g/mol. The minimum absolute atomic E-state index is 0.0393. The second kappa shape index (κ2) is 6.91. The second-order valence-electron chi connectivity index (χ2n) is 3.67. The van der Waals surface area contributed by atoms with E-state index in [1.54, 1.807) is 7.11 Å². The molecule has 1 atom stereocenters. The number of esters is 1. The Morgan fingerprint density at radius 3 is 2.76 bits per heavy atom. The van der Waals surface area contributed by atoms with Gasteiger partial charge in [-0.05, 0) is 24.2 Å². The van der Waals surface area contributed by atoms with Crippen molar-refractivity contribution in [2.45, 2.75) is 19.4 Å². The molecule has 0 aliphatic carbocycles. The molecule has 17 heavy (non-hydrogen) atoms. The molecule has 1 aromatic rings. The molecule has 0 spiro atoms. The van der Waals surface area contributed by atoms with Gasteiger partial charge in [-0.2, -0.15) is 0 Å². The summed E-state index contributed by atoms with van der Waals surface area (Å²) in [6, 6.07) is 7.65. The zero-order valence-corrected chi connectivity index (χ0v) is 10.5. The van der Waals surface area contributed by atoms with Crippen LogP contribution in [0.15, 0.2) is 24.3 Å². The summed E-state index contributed by atoms with van der Waals surface area (Å²) >= 11 is 0. The molecule has 4 nitrogen and oxygen atoms in total. The van der Waals surface area contributed by atoms with Crippen LogP contribution in [-0.2, 0) is 9.53 Å². The third-order valence-corrected chi connectivity index (χ3v) is 2.55. The highest BCUT2D eigenvalue weighted by molar-refractivity contribution is 5.70. The molecule has 0 heterocycles. The molecular formula is C13H19NO3. The van der Waals surface area contributed by atoms with Gasteiger partial charge in [-0.1, -0.05) is 19.1 Å². The summed E-state index contributed by atoms with van der Waals surface area (Å²) in [5.41, 5.74) is 1.02. The van der Waals surface area contributed by atoms with Gasteiger partial charge in [-0.25, -0.2) is 0 Å². The maximum absolute atomic E-state index is 11.3. The van der Waals surface area contributed by atoms with Gasteiger partial charge in [0.25, 0.3) is 0 Å². The lowest BCUT2D eigenvalue weighted by atomic mass is 10.0. The average Bonchev–Trinajstić information content (AvgIpc) is 2.38. The van der Waals surface area contributed by atoms with Crippen LogP contribution in [0.5, 0.6) is 5.75 Å². The highest BCUT2D eigenvalue weighted by atomic mass is 16.5. The Labute approximate surface area is 102 Å². The molecule has 0 aromatic heterocycles. The van der Waals surface area contributed by atoms with Crippen LogP contribution in [0.3, 0.4) is 0 Å². The maximum Gasteiger partial charge on any atom is 0.307 e. The SMILES string of the molecule is CCNC(CC(=O)OC)c1cccc(OC)c1. The number of benzene rings is 1. The van der Waals surface area contributed by atoms with Crippen molar-refractivity contribution in [3.8, 4) is 5.75 Å². The Kier molecular flexibility index (Phi) is 5.49. The van der Waals surface area contributed by atoms with E-state index in [1.165, 1.54) is 7.11 Å². The van der Waals surface area contributed by atoms with E-state index in [2.05, 4.69) is 5.32 Å². The van der Waals surface area contributed by atoms with E-state index in [9.17, 15) is 4.79 Å². The fourth-order valence-electron chi connectivity index (χ4n) is 1.66. The van der Waals surface area contributed by atoms with Gasteiger partial charge >= 0.3 is 5.97 Å². The summed E-state index contributed by atoms with van der Waals surface area (Å²) in [7, 11) is 3.03. The number of hydrogen-bond acceptors (Lipinski definition) is 4. The fourth-order valence-corrected chi connectivity index (χ4v) is 1.66. The van der Waals surface area contributed by atoms with Crippen LogP contribution >= 0.6 is 0 Å². The van der Waals surface area contributed by atoms with Gasteiger partial charge in [-0.15, -0.1) is 0 Å². The summed E-state index contributed by atoms with van der Waals surface area (Å²) < 4.78 is 9.87.